The second-order valence-electron chi connectivity index (χ2n) is 7.23. The van der Waals surface area contributed by atoms with E-state index in [1.54, 1.807) is 13.2 Å². The minimum Gasteiger partial charge on any atom is -0.493 e. The number of rotatable bonds is 15. The first-order chi connectivity index (χ1) is 15.7. The van der Waals surface area contributed by atoms with Gasteiger partial charge in [-0.05, 0) is 48.2 Å². The van der Waals surface area contributed by atoms with Crippen molar-refractivity contribution in [3.63, 3.8) is 0 Å². The highest BCUT2D eigenvalue weighted by atomic mass is 16.5. The topological polar surface area (TPSA) is 66.0 Å². The van der Waals surface area contributed by atoms with Crippen LogP contribution in [0.25, 0.3) is 6.08 Å². The molecule has 0 bridgehead atoms. The van der Waals surface area contributed by atoms with Gasteiger partial charge >= 0.3 is 0 Å². The van der Waals surface area contributed by atoms with Gasteiger partial charge in [-0.1, -0.05) is 43.7 Å². The van der Waals surface area contributed by atoms with Crippen molar-refractivity contribution in [3.8, 4) is 11.5 Å². The smallest absolute Gasteiger partial charge is 0.244 e. The standard InChI is InChI=1S/C26H35NO5/c1-4-6-14-32-24-12-10-21(18-25(24)29-3)11-13-26(28)27-19-22-8-7-9-23(17-22)20-31-16-15-30-5-2/h7-13,17-18H,4-6,14-16,19-20H2,1-3H3,(H,27,28)/b13-11+. The van der Waals surface area contributed by atoms with E-state index < -0.39 is 0 Å². The minimum absolute atomic E-state index is 0.161. The zero-order valence-corrected chi connectivity index (χ0v) is 19.4. The zero-order chi connectivity index (χ0) is 23.0. The van der Waals surface area contributed by atoms with Gasteiger partial charge in [-0.2, -0.15) is 0 Å². The zero-order valence-electron chi connectivity index (χ0n) is 19.4. The number of carbonyl (C=O) groups is 1. The second-order valence-corrected chi connectivity index (χ2v) is 7.23. The molecule has 2 rings (SSSR count). The van der Waals surface area contributed by atoms with E-state index in [4.69, 9.17) is 18.9 Å². The number of benzene rings is 2. The molecule has 174 valence electrons. The van der Waals surface area contributed by atoms with Crippen molar-refractivity contribution in [1.82, 2.24) is 5.32 Å². The van der Waals surface area contributed by atoms with Crippen LogP contribution >= 0.6 is 0 Å². The number of unbranched alkanes of at least 4 members (excludes halogenated alkanes) is 1. The summed E-state index contributed by atoms with van der Waals surface area (Å²) in [7, 11) is 1.61. The van der Waals surface area contributed by atoms with E-state index in [0.717, 1.165) is 29.5 Å². The van der Waals surface area contributed by atoms with Crippen LogP contribution < -0.4 is 14.8 Å². The largest absolute Gasteiger partial charge is 0.493 e. The van der Waals surface area contributed by atoms with E-state index in [2.05, 4.69) is 12.2 Å². The Morgan fingerprint density at radius 3 is 2.56 bits per heavy atom. The predicted octanol–water partition coefficient (Wildman–Crippen LogP) is 4.76. The third kappa shape index (κ3) is 9.54. The molecule has 0 aliphatic carbocycles. The fourth-order valence-electron chi connectivity index (χ4n) is 2.94. The molecule has 0 atom stereocenters. The first-order valence-corrected chi connectivity index (χ1v) is 11.2. The molecule has 0 aliphatic rings. The Labute approximate surface area is 191 Å². The Bertz CT molecular complexity index is 850. The van der Waals surface area contributed by atoms with Crippen molar-refractivity contribution < 1.29 is 23.7 Å². The molecule has 1 N–H and O–H groups in total. The average molecular weight is 442 g/mol. The van der Waals surface area contributed by atoms with Crippen LogP contribution in [0.4, 0.5) is 0 Å². The SMILES string of the molecule is CCCCOc1ccc(/C=C/C(=O)NCc2cccc(COCCOCC)c2)cc1OC. The first kappa shape index (κ1) is 25.4. The van der Waals surface area contributed by atoms with Crippen molar-refractivity contribution in [2.24, 2.45) is 0 Å². The molecule has 0 saturated carbocycles. The lowest BCUT2D eigenvalue weighted by molar-refractivity contribution is -0.116. The highest BCUT2D eigenvalue weighted by Crippen LogP contribution is 2.28. The van der Waals surface area contributed by atoms with Crippen molar-refractivity contribution in [2.45, 2.75) is 39.8 Å². The quantitative estimate of drug-likeness (QED) is 0.319. The number of ether oxygens (including phenoxy) is 4. The molecule has 0 aliphatic heterocycles. The van der Waals surface area contributed by atoms with Gasteiger partial charge in [0.25, 0.3) is 0 Å². The molecule has 0 spiro atoms. The van der Waals surface area contributed by atoms with Crippen LogP contribution in [-0.2, 0) is 27.4 Å². The van der Waals surface area contributed by atoms with Gasteiger partial charge in [-0.3, -0.25) is 4.79 Å². The van der Waals surface area contributed by atoms with Crippen LogP contribution in [0.1, 0.15) is 43.4 Å². The molecule has 0 heterocycles. The van der Waals surface area contributed by atoms with Crippen LogP contribution in [-0.4, -0.2) is 39.4 Å². The summed E-state index contributed by atoms with van der Waals surface area (Å²) in [6.07, 6.45) is 5.35. The Morgan fingerprint density at radius 2 is 1.78 bits per heavy atom. The summed E-state index contributed by atoms with van der Waals surface area (Å²) in [6.45, 7) is 7.57. The number of nitrogens with one attached hydrogen (secondary N) is 1. The summed E-state index contributed by atoms with van der Waals surface area (Å²) in [5.74, 6) is 1.21. The maximum atomic E-state index is 12.3. The number of hydrogen-bond acceptors (Lipinski definition) is 5. The molecule has 0 fully saturated rings. The molecule has 6 nitrogen and oxygen atoms in total. The normalized spacial score (nSPS) is 11.0. The molecule has 0 radical (unpaired) electrons. The average Bonchev–Trinajstić information content (AvgIpc) is 2.82. The van der Waals surface area contributed by atoms with E-state index in [9.17, 15) is 4.79 Å². The van der Waals surface area contributed by atoms with Crippen molar-refractivity contribution in [3.05, 3.63) is 65.2 Å². The van der Waals surface area contributed by atoms with Gasteiger partial charge in [0.05, 0.1) is 33.5 Å². The summed E-state index contributed by atoms with van der Waals surface area (Å²) >= 11 is 0. The second kappa shape index (κ2) is 15.1. The maximum absolute atomic E-state index is 12.3. The monoisotopic (exact) mass is 441 g/mol. The lowest BCUT2D eigenvalue weighted by Crippen LogP contribution is -2.20. The highest BCUT2D eigenvalue weighted by Gasteiger charge is 2.05. The van der Waals surface area contributed by atoms with Gasteiger partial charge < -0.3 is 24.3 Å². The van der Waals surface area contributed by atoms with Gasteiger partial charge in [0, 0.05) is 19.2 Å². The fourth-order valence-corrected chi connectivity index (χ4v) is 2.94. The Morgan fingerprint density at radius 1 is 0.969 bits per heavy atom. The Balaban J connectivity index is 1.83. The summed E-state index contributed by atoms with van der Waals surface area (Å²) in [5.41, 5.74) is 2.95. The van der Waals surface area contributed by atoms with E-state index >= 15 is 0 Å². The van der Waals surface area contributed by atoms with E-state index in [1.807, 2.05) is 49.4 Å². The number of methoxy groups -OCH3 is 1. The lowest BCUT2D eigenvalue weighted by Gasteiger charge is -2.11. The van der Waals surface area contributed by atoms with Crippen LogP contribution in [0.3, 0.4) is 0 Å². The summed E-state index contributed by atoms with van der Waals surface area (Å²) < 4.78 is 22.0. The molecule has 6 heteroatoms. The van der Waals surface area contributed by atoms with Gasteiger partial charge in [-0.15, -0.1) is 0 Å². The molecular weight excluding hydrogens is 406 g/mol. The molecule has 2 aromatic rings. The first-order valence-electron chi connectivity index (χ1n) is 11.2. The number of amides is 1. The van der Waals surface area contributed by atoms with Gasteiger partial charge in [0.2, 0.25) is 5.91 Å². The third-order valence-electron chi connectivity index (χ3n) is 4.67. The molecule has 0 aromatic heterocycles. The van der Waals surface area contributed by atoms with E-state index in [-0.39, 0.29) is 5.91 Å². The van der Waals surface area contributed by atoms with E-state index in [1.165, 1.54) is 6.08 Å². The van der Waals surface area contributed by atoms with Crippen molar-refractivity contribution >= 4 is 12.0 Å². The van der Waals surface area contributed by atoms with Crippen molar-refractivity contribution in [1.29, 1.82) is 0 Å². The van der Waals surface area contributed by atoms with Gasteiger partial charge in [0.1, 0.15) is 0 Å². The molecule has 2 aromatic carbocycles. The predicted molar refractivity (Wildman–Crippen MR) is 127 cm³/mol. The van der Waals surface area contributed by atoms with Crippen LogP contribution in [0.5, 0.6) is 11.5 Å². The highest BCUT2D eigenvalue weighted by molar-refractivity contribution is 5.91. The molecule has 1 amide bonds. The Kier molecular flexibility index (Phi) is 12.0. The number of hydrogen-bond donors (Lipinski definition) is 1. The molecule has 0 saturated heterocycles. The van der Waals surface area contributed by atoms with Crippen LogP contribution in [0.15, 0.2) is 48.5 Å². The lowest BCUT2D eigenvalue weighted by atomic mass is 10.1. The van der Waals surface area contributed by atoms with E-state index in [0.29, 0.717) is 51.1 Å². The van der Waals surface area contributed by atoms with Gasteiger partial charge in [0.15, 0.2) is 11.5 Å². The number of carbonyl (C=O) groups excluding carboxylic acids is 1. The van der Waals surface area contributed by atoms with Crippen LogP contribution in [0.2, 0.25) is 0 Å². The van der Waals surface area contributed by atoms with Crippen molar-refractivity contribution in [2.75, 3.05) is 33.5 Å². The summed E-state index contributed by atoms with van der Waals surface area (Å²) in [4.78, 5) is 12.3. The third-order valence-corrected chi connectivity index (χ3v) is 4.67. The molecular formula is C26H35NO5. The maximum Gasteiger partial charge on any atom is 0.244 e. The Hall–Kier alpha value is -2.83. The molecule has 0 unspecified atom stereocenters. The minimum atomic E-state index is -0.161. The van der Waals surface area contributed by atoms with Crippen LogP contribution in [0, 0.1) is 0 Å². The molecule has 32 heavy (non-hydrogen) atoms. The van der Waals surface area contributed by atoms with Gasteiger partial charge in [-0.25, -0.2) is 0 Å². The fraction of sp³-hybridized carbons (Fsp3) is 0.423. The summed E-state index contributed by atoms with van der Waals surface area (Å²) in [6, 6.07) is 13.6. The summed E-state index contributed by atoms with van der Waals surface area (Å²) in [5, 5.41) is 2.91.